The number of nitrogens with zero attached hydrogens (tertiary/aromatic N) is 1. The van der Waals surface area contributed by atoms with Gasteiger partial charge in [-0.2, -0.15) is 0 Å². The van der Waals surface area contributed by atoms with E-state index in [2.05, 4.69) is 10.3 Å². The van der Waals surface area contributed by atoms with E-state index in [1.165, 1.54) is 0 Å². The molecule has 1 atom stereocenters. The van der Waals surface area contributed by atoms with E-state index in [1.54, 1.807) is 13.3 Å². The van der Waals surface area contributed by atoms with E-state index in [-0.39, 0.29) is 0 Å². The lowest BCUT2D eigenvalue weighted by Crippen LogP contribution is -2.30. The van der Waals surface area contributed by atoms with Crippen LogP contribution in [0.15, 0.2) is 18.3 Å². The Bertz CT molecular complexity index is 320. The molecule has 0 amide bonds. The number of ether oxygens (including phenoxy) is 2. The molecule has 1 aromatic rings. The minimum atomic E-state index is -0.488. The maximum absolute atomic E-state index is 9.55. The Hall–Kier alpha value is -1.17. The highest BCUT2D eigenvalue weighted by Crippen LogP contribution is 2.12. The van der Waals surface area contributed by atoms with Crippen LogP contribution in [0, 0.1) is 0 Å². The Morgan fingerprint density at radius 1 is 1.53 bits per heavy atom. The fourth-order valence-corrected chi connectivity index (χ4v) is 1.43. The standard InChI is InChI=1S/C12H20N2O3/c1-3-17-9-11(15)8-13-7-10-5-4-6-14-12(10)16-2/h4-6,11,13,15H,3,7-9H2,1-2H3. The van der Waals surface area contributed by atoms with Crippen LogP contribution in [0.4, 0.5) is 0 Å². The van der Waals surface area contributed by atoms with Gasteiger partial charge >= 0.3 is 0 Å². The summed E-state index contributed by atoms with van der Waals surface area (Å²) in [4.78, 5) is 4.10. The summed E-state index contributed by atoms with van der Waals surface area (Å²) in [6.45, 7) is 3.97. The summed E-state index contributed by atoms with van der Waals surface area (Å²) in [7, 11) is 1.59. The molecule has 0 aliphatic carbocycles. The normalized spacial score (nSPS) is 12.4. The highest BCUT2D eigenvalue weighted by Gasteiger charge is 2.05. The van der Waals surface area contributed by atoms with Crippen molar-refractivity contribution in [3.63, 3.8) is 0 Å². The molecule has 0 saturated heterocycles. The number of pyridine rings is 1. The highest BCUT2D eigenvalue weighted by molar-refractivity contribution is 5.24. The van der Waals surface area contributed by atoms with E-state index >= 15 is 0 Å². The monoisotopic (exact) mass is 240 g/mol. The molecule has 0 aliphatic heterocycles. The Morgan fingerprint density at radius 3 is 3.06 bits per heavy atom. The summed E-state index contributed by atoms with van der Waals surface area (Å²) in [5.41, 5.74) is 0.971. The fourth-order valence-electron chi connectivity index (χ4n) is 1.43. The van der Waals surface area contributed by atoms with Crippen LogP contribution < -0.4 is 10.1 Å². The Labute approximate surface area is 102 Å². The molecular formula is C12H20N2O3. The minimum absolute atomic E-state index is 0.355. The molecule has 0 saturated carbocycles. The Morgan fingerprint density at radius 2 is 2.35 bits per heavy atom. The predicted molar refractivity (Wildman–Crippen MR) is 65.0 cm³/mol. The molecule has 2 N–H and O–H groups in total. The third-order valence-corrected chi connectivity index (χ3v) is 2.25. The molecule has 1 unspecified atom stereocenters. The van der Waals surface area contributed by atoms with Gasteiger partial charge in [-0.3, -0.25) is 0 Å². The van der Waals surface area contributed by atoms with Gasteiger partial charge in [-0.1, -0.05) is 6.07 Å². The summed E-state index contributed by atoms with van der Waals surface area (Å²) in [5, 5.41) is 12.7. The lowest BCUT2D eigenvalue weighted by Gasteiger charge is -2.12. The summed E-state index contributed by atoms with van der Waals surface area (Å²) in [6, 6.07) is 3.80. The molecule has 0 radical (unpaired) electrons. The second kappa shape index (κ2) is 8.00. The van der Waals surface area contributed by atoms with Crippen LogP contribution in [-0.4, -0.2) is 43.1 Å². The maximum atomic E-state index is 9.55. The number of aromatic nitrogens is 1. The molecule has 1 heterocycles. The van der Waals surface area contributed by atoms with Crippen LogP contribution >= 0.6 is 0 Å². The second-order valence-electron chi connectivity index (χ2n) is 3.62. The van der Waals surface area contributed by atoms with Crippen molar-refractivity contribution in [2.75, 3.05) is 26.9 Å². The SMILES string of the molecule is CCOCC(O)CNCc1cccnc1OC. The molecule has 0 fully saturated rings. The molecule has 17 heavy (non-hydrogen) atoms. The number of nitrogens with one attached hydrogen (secondary N) is 1. The van der Waals surface area contributed by atoms with Gasteiger partial charge in [-0.05, 0) is 13.0 Å². The lowest BCUT2D eigenvalue weighted by atomic mass is 10.2. The van der Waals surface area contributed by atoms with Gasteiger partial charge in [0.15, 0.2) is 0 Å². The first kappa shape index (κ1) is 13.9. The minimum Gasteiger partial charge on any atom is -0.481 e. The average molecular weight is 240 g/mol. The summed E-state index contributed by atoms with van der Waals surface area (Å²) in [5.74, 6) is 0.610. The number of aliphatic hydroxyl groups excluding tert-OH is 1. The zero-order valence-corrected chi connectivity index (χ0v) is 10.3. The quantitative estimate of drug-likeness (QED) is 0.696. The van der Waals surface area contributed by atoms with E-state index in [1.807, 2.05) is 19.1 Å². The lowest BCUT2D eigenvalue weighted by molar-refractivity contribution is 0.0427. The van der Waals surface area contributed by atoms with Crippen LogP contribution in [0.25, 0.3) is 0 Å². The van der Waals surface area contributed by atoms with Crippen molar-refractivity contribution in [3.05, 3.63) is 23.9 Å². The van der Waals surface area contributed by atoms with Crippen molar-refractivity contribution in [3.8, 4) is 5.88 Å². The van der Waals surface area contributed by atoms with Crippen molar-refractivity contribution in [2.45, 2.75) is 19.6 Å². The Kier molecular flexibility index (Phi) is 6.54. The number of methoxy groups -OCH3 is 1. The van der Waals surface area contributed by atoms with Crippen molar-refractivity contribution in [2.24, 2.45) is 0 Å². The number of hydrogen-bond donors (Lipinski definition) is 2. The van der Waals surface area contributed by atoms with Gasteiger partial charge in [0.1, 0.15) is 0 Å². The van der Waals surface area contributed by atoms with Crippen LogP contribution in [0.1, 0.15) is 12.5 Å². The first-order chi connectivity index (χ1) is 8.27. The fraction of sp³-hybridized carbons (Fsp3) is 0.583. The largest absolute Gasteiger partial charge is 0.481 e. The molecule has 5 heteroatoms. The smallest absolute Gasteiger partial charge is 0.217 e. The summed E-state index contributed by atoms with van der Waals surface area (Å²) >= 11 is 0. The van der Waals surface area contributed by atoms with Gasteiger partial charge < -0.3 is 19.9 Å². The third kappa shape index (κ3) is 5.12. The molecule has 5 nitrogen and oxygen atoms in total. The van der Waals surface area contributed by atoms with Gasteiger partial charge in [-0.25, -0.2) is 4.98 Å². The molecular weight excluding hydrogens is 220 g/mol. The topological polar surface area (TPSA) is 63.6 Å². The molecule has 1 aromatic heterocycles. The van der Waals surface area contributed by atoms with E-state index in [9.17, 15) is 5.11 Å². The summed E-state index contributed by atoms with van der Waals surface area (Å²) in [6.07, 6.45) is 1.20. The van der Waals surface area contributed by atoms with Crippen LogP contribution in [-0.2, 0) is 11.3 Å². The summed E-state index contributed by atoms with van der Waals surface area (Å²) < 4.78 is 10.2. The molecule has 96 valence electrons. The van der Waals surface area contributed by atoms with Crippen molar-refractivity contribution in [1.29, 1.82) is 0 Å². The zero-order valence-electron chi connectivity index (χ0n) is 10.3. The van der Waals surface area contributed by atoms with Gasteiger partial charge in [-0.15, -0.1) is 0 Å². The van der Waals surface area contributed by atoms with Gasteiger partial charge in [0.05, 0.1) is 19.8 Å². The van der Waals surface area contributed by atoms with Gasteiger partial charge in [0.2, 0.25) is 5.88 Å². The van der Waals surface area contributed by atoms with Crippen LogP contribution in [0.2, 0.25) is 0 Å². The van der Waals surface area contributed by atoms with E-state index in [0.717, 1.165) is 5.56 Å². The molecule has 1 rings (SSSR count). The second-order valence-corrected chi connectivity index (χ2v) is 3.62. The maximum Gasteiger partial charge on any atom is 0.217 e. The average Bonchev–Trinajstić information content (AvgIpc) is 2.37. The highest BCUT2D eigenvalue weighted by atomic mass is 16.5. The van der Waals surface area contributed by atoms with Crippen molar-refractivity contribution < 1.29 is 14.6 Å². The number of hydrogen-bond acceptors (Lipinski definition) is 5. The van der Waals surface area contributed by atoms with Crippen molar-refractivity contribution in [1.82, 2.24) is 10.3 Å². The predicted octanol–water partition coefficient (Wildman–Crippen LogP) is 0.577. The zero-order chi connectivity index (χ0) is 12.5. The van der Waals surface area contributed by atoms with Crippen molar-refractivity contribution >= 4 is 0 Å². The molecule has 0 spiro atoms. The van der Waals surface area contributed by atoms with Crippen LogP contribution in [0.3, 0.4) is 0 Å². The van der Waals surface area contributed by atoms with Gasteiger partial charge in [0, 0.05) is 31.5 Å². The van der Waals surface area contributed by atoms with Crippen LogP contribution in [0.5, 0.6) is 5.88 Å². The molecule has 0 aromatic carbocycles. The van der Waals surface area contributed by atoms with E-state index in [0.29, 0.717) is 32.2 Å². The Balaban J connectivity index is 2.30. The van der Waals surface area contributed by atoms with Gasteiger partial charge in [0.25, 0.3) is 0 Å². The number of aliphatic hydroxyl groups is 1. The van der Waals surface area contributed by atoms with E-state index < -0.39 is 6.10 Å². The van der Waals surface area contributed by atoms with E-state index in [4.69, 9.17) is 9.47 Å². The number of rotatable bonds is 8. The first-order valence-corrected chi connectivity index (χ1v) is 5.72. The third-order valence-electron chi connectivity index (χ3n) is 2.25. The molecule has 0 aliphatic rings. The first-order valence-electron chi connectivity index (χ1n) is 5.72. The molecule has 0 bridgehead atoms.